The number of nitrogens with zero attached hydrogens (tertiary/aromatic N) is 4. The highest BCUT2D eigenvalue weighted by molar-refractivity contribution is 5.82. The fraction of sp³-hybridized carbons (Fsp3) is 0.636. The Bertz CT molecular complexity index is 741. The number of hydrogen-bond donors (Lipinski definition) is 1. The third-order valence-electron chi connectivity index (χ3n) is 5.44. The molecule has 2 saturated heterocycles. The number of benzene rings is 1. The molecule has 1 amide bonds. The normalized spacial score (nSPS) is 20.2. The summed E-state index contributed by atoms with van der Waals surface area (Å²) in [6.07, 6.45) is 1.54. The summed E-state index contributed by atoms with van der Waals surface area (Å²) in [5, 5.41) is 3.35. The Morgan fingerprint density at radius 3 is 2.63 bits per heavy atom. The number of guanidine groups is 1. The minimum Gasteiger partial charge on any atom is -0.368 e. The molecule has 0 bridgehead atoms. The van der Waals surface area contributed by atoms with Crippen molar-refractivity contribution in [3.8, 4) is 0 Å². The molecule has 0 aliphatic carbocycles. The average Bonchev–Trinajstić information content (AvgIpc) is 3.27. The second-order valence-corrected chi connectivity index (χ2v) is 8.15. The van der Waals surface area contributed by atoms with E-state index in [2.05, 4.69) is 10.2 Å². The SMILES string of the molecule is CCNC(=NCc1ccc(F)c(CN(C)C)c1)N1CCN(C(=O)C2CCCO2)CC1. The van der Waals surface area contributed by atoms with Gasteiger partial charge in [0.1, 0.15) is 11.9 Å². The molecule has 2 fully saturated rings. The van der Waals surface area contributed by atoms with Crippen LogP contribution in [0.25, 0.3) is 0 Å². The number of hydrogen-bond acceptors (Lipinski definition) is 4. The number of piperazine rings is 1. The van der Waals surface area contributed by atoms with E-state index in [9.17, 15) is 9.18 Å². The minimum atomic E-state index is -0.256. The van der Waals surface area contributed by atoms with Crippen LogP contribution < -0.4 is 5.32 Å². The maximum absolute atomic E-state index is 14.0. The first-order valence-electron chi connectivity index (χ1n) is 10.8. The predicted molar refractivity (Wildman–Crippen MR) is 116 cm³/mol. The van der Waals surface area contributed by atoms with E-state index in [1.807, 2.05) is 36.9 Å². The predicted octanol–water partition coefficient (Wildman–Crippen LogP) is 1.68. The molecule has 0 spiro atoms. The summed E-state index contributed by atoms with van der Waals surface area (Å²) in [4.78, 5) is 23.4. The smallest absolute Gasteiger partial charge is 0.251 e. The molecule has 1 aromatic carbocycles. The van der Waals surface area contributed by atoms with Crippen molar-refractivity contribution in [2.24, 2.45) is 4.99 Å². The molecule has 0 saturated carbocycles. The first-order valence-corrected chi connectivity index (χ1v) is 10.8. The van der Waals surface area contributed by atoms with E-state index in [1.54, 1.807) is 6.07 Å². The van der Waals surface area contributed by atoms with Crippen LogP contribution in [0.3, 0.4) is 0 Å². The van der Waals surface area contributed by atoms with Gasteiger partial charge in [0, 0.05) is 51.4 Å². The van der Waals surface area contributed by atoms with Crippen molar-refractivity contribution in [1.82, 2.24) is 20.0 Å². The van der Waals surface area contributed by atoms with Crippen LogP contribution >= 0.6 is 0 Å². The zero-order valence-electron chi connectivity index (χ0n) is 18.4. The molecule has 2 aliphatic heterocycles. The molecule has 0 radical (unpaired) electrons. The third kappa shape index (κ3) is 5.92. The van der Waals surface area contributed by atoms with Crippen molar-refractivity contribution < 1.29 is 13.9 Å². The van der Waals surface area contributed by atoms with E-state index in [0.29, 0.717) is 38.3 Å². The molecular formula is C22H34FN5O2. The number of carbonyl (C=O) groups excluding carboxylic acids is 1. The Labute approximate surface area is 178 Å². The van der Waals surface area contributed by atoms with Gasteiger partial charge < -0.3 is 24.8 Å². The van der Waals surface area contributed by atoms with Gasteiger partial charge in [0.05, 0.1) is 6.54 Å². The van der Waals surface area contributed by atoms with Gasteiger partial charge in [-0.3, -0.25) is 4.79 Å². The van der Waals surface area contributed by atoms with Crippen LogP contribution in [0.1, 0.15) is 30.9 Å². The zero-order valence-corrected chi connectivity index (χ0v) is 18.4. The van der Waals surface area contributed by atoms with E-state index in [4.69, 9.17) is 9.73 Å². The maximum Gasteiger partial charge on any atom is 0.251 e. The van der Waals surface area contributed by atoms with Crippen molar-refractivity contribution in [2.45, 2.75) is 39.0 Å². The van der Waals surface area contributed by atoms with E-state index < -0.39 is 0 Å². The monoisotopic (exact) mass is 419 g/mol. The Morgan fingerprint density at radius 1 is 1.27 bits per heavy atom. The van der Waals surface area contributed by atoms with Gasteiger partial charge in [-0.25, -0.2) is 9.38 Å². The van der Waals surface area contributed by atoms with Gasteiger partial charge >= 0.3 is 0 Å². The third-order valence-corrected chi connectivity index (χ3v) is 5.44. The molecule has 1 atom stereocenters. The van der Waals surface area contributed by atoms with Gasteiger partial charge in [-0.15, -0.1) is 0 Å². The number of aliphatic imine (C=N–C) groups is 1. The molecule has 0 aromatic heterocycles. The number of carbonyl (C=O) groups is 1. The van der Waals surface area contributed by atoms with Crippen LogP contribution in [0.2, 0.25) is 0 Å². The highest BCUT2D eigenvalue weighted by Gasteiger charge is 2.30. The largest absolute Gasteiger partial charge is 0.368 e. The second-order valence-electron chi connectivity index (χ2n) is 8.15. The average molecular weight is 420 g/mol. The van der Waals surface area contributed by atoms with E-state index in [0.717, 1.165) is 44.0 Å². The Morgan fingerprint density at radius 2 is 2.00 bits per heavy atom. The van der Waals surface area contributed by atoms with Gasteiger partial charge in [0.15, 0.2) is 5.96 Å². The Hall–Kier alpha value is -2.19. The molecular weight excluding hydrogens is 385 g/mol. The summed E-state index contributed by atoms with van der Waals surface area (Å²) in [7, 11) is 3.85. The molecule has 3 rings (SSSR count). The molecule has 2 aliphatic rings. The van der Waals surface area contributed by atoms with Crippen molar-refractivity contribution in [3.05, 3.63) is 35.1 Å². The van der Waals surface area contributed by atoms with Crippen LogP contribution in [-0.4, -0.2) is 86.1 Å². The molecule has 30 heavy (non-hydrogen) atoms. The van der Waals surface area contributed by atoms with E-state index in [-0.39, 0.29) is 17.8 Å². The summed E-state index contributed by atoms with van der Waals surface area (Å²) < 4.78 is 19.6. The van der Waals surface area contributed by atoms with Crippen molar-refractivity contribution in [2.75, 3.05) is 53.4 Å². The van der Waals surface area contributed by atoms with E-state index >= 15 is 0 Å². The molecule has 7 nitrogen and oxygen atoms in total. The number of rotatable bonds is 6. The number of nitrogens with one attached hydrogen (secondary N) is 1. The summed E-state index contributed by atoms with van der Waals surface area (Å²) in [5.74, 6) is 0.768. The number of ether oxygens (including phenoxy) is 1. The highest BCUT2D eigenvalue weighted by Crippen LogP contribution is 2.17. The van der Waals surface area contributed by atoms with Crippen LogP contribution in [0.15, 0.2) is 23.2 Å². The minimum absolute atomic E-state index is 0.119. The fourth-order valence-corrected chi connectivity index (χ4v) is 3.89. The fourth-order valence-electron chi connectivity index (χ4n) is 3.89. The van der Waals surface area contributed by atoms with Crippen molar-refractivity contribution >= 4 is 11.9 Å². The highest BCUT2D eigenvalue weighted by atomic mass is 19.1. The quantitative estimate of drug-likeness (QED) is 0.562. The topological polar surface area (TPSA) is 60.4 Å². The summed E-state index contributed by atoms with van der Waals surface area (Å²) in [5.41, 5.74) is 1.66. The lowest BCUT2D eigenvalue weighted by molar-refractivity contribution is -0.142. The van der Waals surface area contributed by atoms with Gasteiger partial charge in [0.2, 0.25) is 0 Å². The first kappa shape index (κ1) is 22.5. The summed E-state index contributed by atoms with van der Waals surface area (Å²) >= 11 is 0. The molecule has 1 N–H and O–H groups in total. The lowest BCUT2D eigenvalue weighted by Gasteiger charge is -2.37. The lowest BCUT2D eigenvalue weighted by Crippen LogP contribution is -2.55. The van der Waals surface area contributed by atoms with Crippen LogP contribution in [-0.2, 0) is 22.6 Å². The molecule has 1 unspecified atom stereocenters. The Balaban J connectivity index is 1.60. The van der Waals surface area contributed by atoms with Crippen LogP contribution in [0.5, 0.6) is 0 Å². The molecule has 166 valence electrons. The van der Waals surface area contributed by atoms with Crippen LogP contribution in [0, 0.1) is 5.82 Å². The molecule has 2 heterocycles. The van der Waals surface area contributed by atoms with Gasteiger partial charge in [-0.05, 0) is 51.6 Å². The maximum atomic E-state index is 14.0. The lowest BCUT2D eigenvalue weighted by atomic mass is 10.1. The molecule has 8 heteroatoms. The van der Waals surface area contributed by atoms with Crippen LogP contribution in [0.4, 0.5) is 4.39 Å². The zero-order chi connectivity index (χ0) is 21.5. The van der Waals surface area contributed by atoms with Gasteiger partial charge in [0.25, 0.3) is 5.91 Å². The number of halogens is 1. The van der Waals surface area contributed by atoms with Crippen molar-refractivity contribution in [1.29, 1.82) is 0 Å². The first-order chi connectivity index (χ1) is 14.5. The van der Waals surface area contributed by atoms with Gasteiger partial charge in [-0.1, -0.05) is 6.07 Å². The van der Waals surface area contributed by atoms with Gasteiger partial charge in [-0.2, -0.15) is 0 Å². The molecule has 1 aromatic rings. The summed E-state index contributed by atoms with van der Waals surface area (Å²) in [6, 6.07) is 5.20. The summed E-state index contributed by atoms with van der Waals surface area (Å²) in [6.45, 7) is 7.36. The Kier molecular flexibility index (Phi) is 8.04. The number of amides is 1. The second kappa shape index (κ2) is 10.7. The standard InChI is InChI=1S/C22H34FN5O2/c1-4-24-22(25-15-17-7-8-19(23)18(14-17)16-26(2)3)28-11-9-27(10-12-28)21(29)20-6-5-13-30-20/h7-8,14,20H,4-6,9-13,15-16H2,1-3H3,(H,24,25). The van der Waals surface area contributed by atoms with E-state index in [1.165, 1.54) is 6.07 Å². The van der Waals surface area contributed by atoms with Crippen molar-refractivity contribution in [3.63, 3.8) is 0 Å².